The Kier molecular flexibility index (Phi) is 4.50. The highest BCUT2D eigenvalue weighted by atomic mass is 32.2. The van der Waals surface area contributed by atoms with E-state index < -0.39 is 32.4 Å². The summed E-state index contributed by atoms with van der Waals surface area (Å²) in [6, 6.07) is 13.3. The second kappa shape index (κ2) is 6.78. The van der Waals surface area contributed by atoms with Crippen LogP contribution in [-0.4, -0.2) is 33.0 Å². The van der Waals surface area contributed by atoms with Crippen molar-refractivity contribution in [3.8, 4) is 17.6 Å². The monoisotopic (exact) mass is 413 g/mol. The van der Waals surface area contributed by atoms with Gasteiger partial charge in [0.15, 0.2) is 26.8 Å². The van der Waals surface area contributed by atoms with Crippen LogP contribution in [0.15, 0.2) is 47.4 Å². The van der Waals surface area contributed by atoms with Gasteiger partial charge in [-0.25, -0.2) is 8.42 Å². The number of fused-ring (bicyclic) bond motifs is 1. The van der Waals surface area contributed by atoms with Crippen LogP contribution in [0.2, 0.25) is 0 Å². The number of hydrogen-bond donors (Lipinski definition) is 0. The summed E-state index contributed by atoms with van der Waals surface area (Å²) < 4.78 is 42.6. The number of nitriles is 1. The number of sulfone groups is 1. The molecule has 1 heterocycles. The van der Waals surface area contributed by atoms with E-state index in [0.717, 1.165) is 5.56 Å². The van der Waals surface area contributed by atoms with Crippen molar-refractivity contribution in [1.29, 1.82) is 5.26 Å². The molecule has 0 spiro atoms. The number of carbonyl (C=O) groups excluding carboxylic acids is 1. The molecule has 0 amide bonds. The molecule has 8 heteroatoms. The Labute approximate surface area is 168 Å². The Hall–Kier alpha value is -3.05. The normalized spacial score (nSPS) is 24.6. The lowest BCUT2D eigenvalue weighted by atomic mass is 10.0. The zero-order chi connectivity index (χ0) is 20.8. The summed E-state index contributed by atoms with van der Waals surface area (Å²) in [6.45, 7) is 3.58. The van der Waals surface area contributed by atoms with E-state index in [0.29, 0.717) is 17.1 Å². The maximum Gasteiger partial charge on any atom is 0.328 e. The van der Waals surface area contributed by atoms with E-state index in [1.807, 2.05) is 13.0 Å². The summed E-state index contributed by atoms with van der Waals surface area (Å²) in [5.41, 5.74) is -0.387. The Morgan fingerprint density at radius 1 is 1.21 bits per heavy atom. The number of aryl methyl sites for hydroxylation is 1. The van der Waals surface area contributed by atoms with Gasteiger partial charge in [-0.2, -0.15) is 5.26 Å². The van der Waals surface area contributed by atoms with Crippen molar-refractivity contribution in [3.63, 3.8) is 0 Å². The minimum absolute atomic E-state index is 0.0490. The number of rotatable bonds is 5. The summed E-state index contributed by atoms with van der Waals surface area (Å²) in [5.74, 6) is -0.708. The van der Waals surface area contributed by atoms with E-state index in [1.165, 1.54) is 12.1 Å². The maximum atomic E-state index is 13.4. The van der Waals surface area contributed by atoms with Crippen LogP contribution in [0.1, 0.15) is 24.0 Å². The first-order chi connectivity index (χ1) is 13.9. The Bertz CT molecular complexity index is 1120. The maximum absolute atomic E-state index is 13.4. The molecule has 1 aliphatic carbocycles. The lowest BCUT2D eigenvalue weighted by Gasteiger charge is -2.09. The lowest BCUT2D eigenvalue weighted by Crippen LogP contribution is -2.25. The second-order valence-electron chi connectivity index (χ2n) is 7.07. The quantitative estimate of drug-likeness (QED) is 0.695. The molecular weight excluding hydrogens is 394 g/mol. The van der Waals surface area contributed by atoms with Crippen molar-refractivity contribution in [2.24, 2.45) is 5.41 Å². The van der Waals surface area contributed by atoms with Gasteiger partial charge in [-0.05, 0) is 43.7 Å². The van der Waals surface area contributed by atoms with Crippen LogP contribution < -0.4 is 9.47 Å². The first-order valence-corrected chi connectivity index (χ1v) is 10.7. The fourth-order valence-corrected chi connectivity index (χ4v) is 6.12. The van der Waals surface area contributed by atoms with Crippen molar-refractivity contribution in [3.05, 3.63) is 53.6 Å². The lowest BCUT2D eigenvalue weighted by molar-refractivity contribution is -0.147. The molecule has 2 aliphatic rings. The Balaban J connectivity index is 1.82. The Morgan fingerprint density at radius 2 is 1.90 bits per heavy atom. The van der Waals surface area contributed by atoms with Gasteiger partial charge in [0.05, 0.1) is 17.6 Å². The third-order valence-electron chi connectivity index (χ3n) is 5.37. The van der Waals surface area contributed by atoms with Gasteiger partial charge in [0.25, 0.3) is 0 Å². The fraction of sp³-hybridized carbons (Fsp3) is 0.333. The van der Waals surface area contributed by atoms with E-state index >= 15 is 0 Å². The molecule has 0 unspecified atom stereocenters. The van der Waals surface area contributed by atoms with Crippen molar-refractivity contribution >= 4 is 15.8 Å². The molecular formula is C21H19NO6S. The van der Waals surface area contributed by atoms with Gasteiger partial charge < -0.3 is 14.2 Å². The molecule has 0 bridgehead atoms. The first kappa shape index (κ1) is 19.3. The summed E-state index contributed by atoms with van der Waals surface area (Å²) in [7, 11) is -3.97. The number of nitrogens with zero attached hydrogens (tertiary/aromatic N) is 1. The first-order valence-electron chi connectivity index (χ1n) is 9.15. The summed E-state index contributed by atoms with van der Waals surface area (Å²) in [4.78, 5) is 12.8. The van der Waals surface area contributed by atoms with Crippen molar-refractivity contribution < 1.29 is 27.4 Å². The van der Waals surface area contributed by atoms with Crippen molar-refractivity contribution in [1.82, 2.24) is 0 Å². The van der Waals surface area contributed by atoms with E-state index in [1.54, 1.807) is 37.3 Å². The standard InChI is InChI=1S/C21H19NO6S/c1-3-26-20(23)21(11-22)18(14-6-9-16-17(10-14)28-12-27-16)19(21)29(24,25)15-7-4-13(2)5-8-15/h4-10,18-19H,3,12H2,1-2H3/t18-,19-,21-/m0/s1. The van der Waals surface area contributed by atoms with Crippen LogP contribution in [-0.2, 0) is 19.4 Å². The molecule has 2 aromatic carbocycles. The average Bonchev–Trinajstić information content (AvgIpc) is 3.20. The molecule has 0 radical (unpaired) electrons. The third kappa shape index (κ3) is 2.85. The Morgan fingerprint density at radius 3 is 2.55 bits per heavy atom. The summed E-state index contributed by atoms with van der Waals surface area (Å²) in [6.07, 6.45) is 0. The minimum Gasteiger partial charge on any atom is -0.465 e. The van der Waals surface area contributed by atoms with Crippen LogP contribution in [0.4, 0.5) is 0 Å². The molecule has 1 fully saturated rings. The molecule has 1 saturated carbocycles. The van der Waals surface area contributed by atoms with E-state index in [4.69, 9.17) is 14.2 Å². The van der Waals surface area contributed by atoms with Gasteiger partial charge in [-0.3, -0.25) is 4.79 Å². The number of esters is 1. The van der Waals surface area contributed by atoms with E-state index in [-0.39, 0.29) is 18.3 Å². The van der Waals surface area contributed by atoms with Crippen LogP contribution in [0.25, 0.3) is 0 Å². The highest BCUT2D eigenvalue weighted by molar-refractivity contribution is 7.92. The molecule has 1 aliphatic heterocycles. The summed E-state index contributed by atoms with van der Waals surface area (Å²) >= 11 is 0. The zero-order valence-electron chi connectivity index (χ0n) is 15.9. The fourth-order valence-electron chi connectivity index (χ4n) is 3.87. The smallest absolute Gasteiger partial charge is 0.328 e. The number of ether oxygens (including phenoxy) is 3. The molecule has 2 aromatic rings. The highest BCUT2D eigenvalue weighted by Gasteiger charge is 2.77. The third-order valence-corrected chi connectivity index (χ3v) is 7.61. The number of benzene rings is 2. The molecule has 150 valence electrons. The molecule has 0 saturated heterocycles. The van der Waals surface area contributed by atoms with Crippen molar-refractivity contribution in [2.75, 3.05) is 13.4 Å². The largest absolute Gasteiger partial charge is 0.465 e. The van der Waals surface area contributed by atoms with Crippen LogP contribution in [0.3, 0.4) is 0 Å². The van der Waals surface area contributed by atoms with E-state index in [2.05, 4.69) is 0 Å². The molecule has 4 rings (SSSR count). The highest BCUT2D eigenvalue weighted by Crippen LogP contribution is 2.65. The predicted molar refractivity (Wildman–Crippen MR) is 102 cm³/mol. The predicted octanol–water partition coefficient (Wildman–Crippen LogP) is 2.74. The average molecular weight is 413 g/mol. The van der Waals surface area contributed by atoms with Crippen LogP contribution in [0, 0.1) is 23.7 Å². The van der Waals surface area contributed by atoms with Gasteiger partial charge >= 0.3 is 5.97 Å². The van der Waals surface area contributed by atoms with Gasteiger partial charge in [0.1, 0.15) is 5.25 Å². The molecule has 0 N–H and O–H groups in total. The number of carbonyl (C=O) groups is 1. The van der Waals surface area contributed by atoms with E-state index in [9.17, 15) is 18.5 Å². The SMILES string of the molecule is CCOC(=O)[C@@]1(C#N)[C@@H](c2ccc3c(c2)OCO3)[C@@H]1S(=O)(=O)c1ccc(C)cc1. The van der Waals surface area contributed by atoms with Gasteiger partial charge in [0, 0.05) is 5.92 Å². The molecule has 29 heavy (non-hydrogen) atoms. The molecule has 3 atom stereocenters. The van der Waals surface area contributed by atoms with Gasteiger partial charge in [0.2, 0.25) is 6.79 Å². The van der Waals surface area contributed by atoms with Gasteiger partial charge in [-0.15, -0.1) is 0 Å². The van der Waals surface area contributed by atoms with Gasteiger partial charge in [-0.1, -0.05) is 23.8 Å². The zero-order valence-corrected chi connectivity index (χ0v) is 16.7. The second-order valence-corrected chi connectivity index (χ2v) is 9.14. The summed E-state index contributed by atoms with van der Waals surface area (Å²) in [5, 5.41) is 8.68. The minimum atomic E-state index is -3.97. The molecule has 7 nitrogen and oxygen atoms in total. The topological polar surface area (TPSA) is 103 Å². The number of hydrogen-bond acceptors (Lipinski definition) is 7. The van der Waals surface area contributed by atoms with Crippen LogP contribution in [0.5, 0.6) is 11.5 Å². The van der Waals surface area contributed by atoms with Crippen molar-refractivity contribution in [2.45, 2.75) is 29.9 Å². The van der Waals surface area contributed by atoms with Crippen LogP contribution >= 0.6 is 0 Å². The molecule has 0 aromatic heterocycles.